The number of hydrogen-bond donors (Lipinski definition) is 1. The molecule has 3 aliphatic rings. The van der Waals surface area contributed by atoms with Crippen molar-refractivity contribution in [1.29, 1.82) is 0 Å². The van der Waals surface area contributed by atoms with Gasteiger partial charge in [-0.25, -0.2) is 0 Å². The molecule has 1 nitrogen and oxygen atoms in total. The minimum atomic E-state index is 0.0833. The third kappa shape index (κ3) is 0.658. The third-order valence-corrected chi connectivity index (χ3v) is 4.28. The van der Waals surface area contributed by atoms with E-state index < -0.39 is 0 Å². The molecule has 3 aliphatic carbocycles. The van der Waals surface area contributed by atoms with Gasteiger partial charge in [0.15, 0.2) is 0 Å². The fraction of sp³-hybridized carbons (Fsp3) is 1.00. The van der Waals surface area contributed by atoms with Crippen molar-refractivity contribution < 1.29 is 5.11 Å². The second-order valence-corrected chi connectivity index (χ2v) is 5.17. The molecule has 0 aromatic rings. The zero-order valence-corrected chi connectivity index (χ0v) is 7.09. The van der Waals surface area contributed by atoms with E-state index in [2.05, 4.69) is 6.92 Å². The Morgan fingerprint density at radius 3 is 2.82 bits per heavy atom. The van der Waals surface area contributed by atoms with Gasteiger partial charge in [0.25, 0.3) is 0 Å². The van der Waals surface area contributed by atoms with Crippen LogP contribution in [0.2, 0.25) is 0 Å². The SMILES string of the molecule is CC1CC2CC3(C1)CC3C2O. The molecule has 5 unspecified atom stereocenters. The predicted octanol–water partition coefficient (Wildman–Crippen LogP) is 1.80. The summed E-state index contributed by atoms with van der Waals surface area (Å²) in [6.45, 7) is 2.35. The number of fused-ring (bicyclic) bond motifs is 1. The van der Waals surface area contributed by atoms with Gasteiger partial charge in [0.1, 0.15) is 0 Å². The summed E-state index contributed by atoms with van der Waals surface area (Å²) in [5, 5.41) is 9.82. The van der Waals surface area contributed by atoms with E-state index in [1.807, 2.05) is 0 Å². The molecular weight excluding hydrogens is 136 g/mol. The highest BCUT2D eigenvalue weighted by atomic mass is 16.3. The summed E-state index contributed by atoms with van der Waals surface area (Å²) in [5.74, 6) is 2.28. The number of aliphatic hydroxyl groups excluding tert-OH is 1. The van der Waals surface area contributed by atoms with Gasteiger partial charge in [0, 0.05) is 0 Å². The maximum atomic E-state index is 9.82. The molecule has 0 aromatic carbocycles. The highest BCUT2D eigenvalue weighted by Gasteiger charge is 2.66. The fourth-order valence-corrected chi connectivity index (χ4v) is 3.90. The molecule has 5 atom stereocenters. The van der Waals surface area contributed by atoms with Crippen LogP contribution < -0.4 is 0 Å². The van der Waals surface area contributed by atoms with Crippen LogP contribution in [0, 0.1) is 23.2 Å². The Hall–Kier alpha value is -0.0400. The number of hydrogen-bond acceptors (Lipinski definition) is 1. The number of rotatable bonds is 0. The molecule has 0 amide bonds. The molecule has 62 valence electrons. The Morgan fingerprint density at radius 2 is 2.09 bits per heavy atom. The largest absolute Gasteiger partial charge is 0.393 e. The summed E-state index contributed by atoms with van der Waals surface area (Å²) < 4.78 is 0. The molecule has 3 fully saturated rings. The summed E-state index contributed by atoms with van der Waals surface area (Å²) in [6.07, 6.45) is 5.47. The molecule has 3 rings (SSSR count). The van der Waals surface area contributed by atoms with E-state index in [1.54, 1.807) is 0 Å². The van der Waals surface area contributed by atoms with Crippen LogP contribution in [0.5, 0.6) is 0 Å². The lowest BCUT2D eigenvalue weighted by atomic mass is 9.77. The molecule has 3 saturated carbocycles. The van der Waals surface area contributed by atoms with Crippen molar-refractivity contribution in [3.63, 3.8) is 0 Å². The van der Waals surface area contributed by atoms with E-state index in [-0.39, 0.29) is 6.10 Å². The van der Waals surface area contributed by atoms with Crippen molar-refractivity contribution >= 4 is 0 Å². The van der Waals surface area contributed by atoms with Crippen LogP contribution >= 0.6 is 0 Å². The van der Waals surface area contributed by atoms with Gasteiger partial charge in [0.05, 0.1) is 6.10 Å². The lowest BCUT2D eigenvalue weighted by Gasteiger charge is -2.29. The Bertz CT molecular complexity index is 197. The van der Waals surface area contributed by atoms with Crippen LogP contribution in [-0.4, -0.2) is 11.2 Å². The maximum Gasteiger partial charge on any atom is 0.0602 e. The highest BCUT2D eigenvalue weighted by Crippen LogP contribution is 2.71. The van der Waals surface area contributed by atoms with E-state index in [1.165, 1.54) is 25.7 Å². The van der Waals surface area contributed by atoms with Gasteiger partial charge in [-0.3, -0.25) is 0 Å². The van der Waals surface area contributed by atoms with Crippen molar-refractivity contribution in [3.8, 4) is 0 Å². The van der Waals surface area contributed by atoms with Crippen LogP contribution in [0.1, 0.15) is 32.6 Å². The van der Waals surface area contributed by atoms with Crippen molar-refractivity contribution in [3.05, 3.63) is 0 Å². The summed E-state index contributed by atoms with van der Waals surface area (Å²) in [5.41, 5.74) is 0.655. The Kier molecular flexibility index (Phi) is 0.976. The first-order chi connectivity index (χ1) is 5.21. The molecule has 1 N–H and O–H groups in total. The van der Waals surface area contributed by atoms with E-state index in [4.69, 9.17) is 0 Å². The number of aliphatic hydroxyl groups is 1. The van der Waals surface area contributed by atoms with Crippen LogP contribution in [0.3, 0.4) is 0 Å². The molecule has 2 bridgehead atoms. The smallest absolute Gasteiger partial charge is 0.0602 e. The molecule has 0 heterocycles. The first kappa shape index (κ1) is 6.47. The van der Waals surface area contributed by atoms with Gasteiger partial charge < -0.3 is 5.11 Å². The average molecular weight is 152 g/mol. The van der Waals surface area contributed by atoms with Crippen molar-refractivity contribution in [1.82, 2.24) is 0 Å². The first-order valence-corrected chi connectivity index (χ1v) is 4.89. The van der Waals surface area contributed by atoms with E-state index in [0.29, 0.717) is 11.3 Å². The molecule has 0 saturated heterocycles. The average Bonchev–Trinajstić information content (AvgIpc) is 2.55. The first-order valence-electron chi connectivity index (χ1n) is 4.89. The quantitative estimate of drug-likeness (QED) is 0.561. The van der Waals surface area contributed by atoms with Crippen LogP contribution in [0.4, 0.5) is 0 Å². The van der Waals surface area contributed by atoms with Gasteiger partial charge in [-0.15, -0.1) is 0 Å². The van der Waals surface area contributed by atoms with Gasteiger partial charge in [-0.1, -0.05) is 6.92 Å². The Balaban J connectivity index is 1.93. The summed E-state index contributed by atoms with van der Waals surface area (Å²) >= 11 is 0. The summed E-state index contributed by atoms with van der Waals surface area (Å²) in [6, 6.07) is 0. The van der Waals surface area contributed by atoms with Crippen LogP contribution in [0.15, 0.2) is 0 Å². The van der Waals surface area contributed by atoms with Crippen molar-refractivity contribution in [2.45, 2.75) is 38.7 Å². The molecule has 1 heteroatoms. The molecule has 11 heavy (non-hydrogen) atoms. The summed E-state index contributed by atoms with van der Waals surface area (Å²) in [4.78, 5) is 0. The summed E-state index contributed by atoms with van der Waals surface area (Å²) in [7, 11) is 0. The minimum absolute atomic E-state index is 0.0833. The Labute approximate surface area is 67.8 Å². The fourth-order valence-electron chi connectivity index (χ4n) is 3.90. The molecular formula is C10H16O. The van der Waals surface area contributed by atoms with E-state index in [9.17, 15) is 5.11 Å². The van der Waals surface area contributed by atoms with Crippen molar-refractivity contribution in [2.75, 3.05) is 0 Å². The predicted molar refractivity (Wildman–Crippen MR) is 43.1 cm³/mol. The second-order valence-electron chi connectivity index (χ2n) is 5.17. The molecule has 0 radical (unpaired) electrons. The molecule has 1 spiro atoms. The van der Waals surface area contributed by atoms with E-state index in [0.717, 1.165) is 11.8 Å². The minimum Gasteiger partial charge on any atom is -0.393 e. The second kappa shape index (κ2) is 1.66. The standard InChI is InChI=1S/C10H16O/c1-6-2-7-4-10(3-6)5-8(10)9(7)11/h6-9,11H,2-5H2,1H3. The molecule has 0 aromatic heterocycles. The van der Waals surface area contributed by atoms with Gasteiger partial charge in [-0.2, -0.15) is 0 Å². The zero-order chi connectivity index (χ0) is 7.64. The third-order valence-electron chi connectivity index (χ3n) is 4.28. The van der Waals surface area contributed by atoms with Gasteiger partial charge in [0.2, 0.25) is 0 Å². The van der Waals surface area contributed by atoms with Crippen LogP contribution in [0.25, 0.3) is 0 Å². The van der Waals surface area contributed by atoms with E-state index >= 15 is 0 Å². The lowest BCUT2D eigenvalue weighted by Crippen LogP contribution is -2.23. The topological polar surface area (TPSA) is 20.2 Å². The maximum absolute atomic E-state index is 9.82. The highest BCUT2D eigenvalue weighted by molar-refractivity contribution is 5.16. The molecule has 0 aliphatic heterocycles. The van der Waals surface area contributed by atoms with Crippen molar-refractivity contribution in [2.24, 2.45) is 23.2 Å². The zero-order valence-electron chi connectivity index (χ0n) is 7.09. The van der Waals surface area contributed by atoms with Gasteiger partial charge in [-0.05, 0) is 48.9 Å². The van der Waals surface area contributed by atoms with Gasteiger partial charge >= 0.3 is 0 Å². The van der Waals surface area contributed by atoms with Crippen LogP contribution in [-0.2, 0) is 0 Å². The normalized spacial score (nSPS) is 66.0. The monoisotopic (exact) mass is 152 g/mol. The Morgan fingerprint density at radius 1 is 1.27 bits per heavy atom. The lowest BCUT2D eigenvalue weighted by molar-refractivity contribution is 0.0903.